The van der Waals surface area contributed by atoms with Gasteiger partial charge in [-0.1, -0.05) is 30.3 Å². The zero-order valence-electron chi connectivity index (χ0n) is 15.6. The minimum absolute atomic E-state index is 0.0240. The molecule has 2 saturated heterocycles. The SMILES string of the molecule is COCC1(C(=O)O)CCN(C(=O)C(c2ccccc2)N2CCCCC2=O)C1. The van der Waals surface area contributed by atoms with Crippen LogP contribution >= 0.6 is 0 Å². The topological polar surface area (TPSA) is 87.2 Å². The van der Waals surface area contributed by atoms with Crippen molar-refractivity contribution in [3.05, 3.63) is 35.9 Å². The zero-order chi connectivity index (χ0) is 19.4. The number of piperidine rings is 1. The normalized spacial score (nSPS) is 24.1. The van der Waals surface area contributed by atoms with Crippen LogP contribution < -0.4 is 0 Å². The standard InChI is InChI=1S/C20H26N2O5/c1-27-14-20(19(25)26)10-12-21(13-20)18(24)17(15-7-3-2-4-8-15)22-11-6-5-9-16(22)23/h2-4,7-8,17H,5-6,9-14H2,1H3,(H,25,26). The zero-order valence-corrected chi connectivity index (χ0v) is 15.6. The minimum atomic E-state index is -1.09. The molecule has 1 N–H and O–H groups in total. The van der Waals surface area contributed by atoms with E-state index in [2.05, 4.69) is 0 Å². The lowest BCUT2D eigenvalue weighted by atomic mass is 9.88. The molecule has 0 aliphatic carbocycles. The fourth-order valence-corrected chi connectivity index (χ4v) is 4.05. The second-order valence-electron chi connectivity index (χ2n) is 7.39. The molecule has 2 unspecified atom stereocenters. The summed E-state index contributed by atoms with van der Waals surface area (Å²) in [5, 5.41) is 9.66. The Morgan fingerprint density at radius 3 is 2.59 bits per heavy atom. The van der Waals surface area contributed by atoms with Crippen molar-refractivity contribution in [2.75, 3.05) is 33.4 Å². The summed E-state index contributed by atoms with van der Waals surface area (Å²) in [6, 6.07) is 8.56. The minimum Gasteiger partial charge on any atom is -0.481 e. The molecule has 0 saturated carbocycles. The van der Waals surface area contributed by atoms with Crippen LogP contribution in [0.15, 0.2) is 30.3 Å². The molecule has 2 aliphatic rings. The lowest BCUT2D eigenvalue weighted by Crippen LogP contribution is -2.48. The number of ether oxygens (including phenoxy) is 1. The molecule has 2 atom stereocenters. The van der Waals surface area contributed by atoms with Crippen LogP contribution in [0.3, 0.4) is 0 Å². The molecule has 0 radical (unpaired) electrons. The van der Waals surface area contributed by atoms with Crippen LogP contribution in [0.25, 0.3) is 0 Å². The van der Waals surface area contributed by atoms with Gasteiger partial charge in [-0.05, 0) is 24.8 Å². The number of nitrogens with zero attached hydrogens (tertiary/aromatic N) is 2. The lowest BCUT2D eigenvalue weighted by molar-refractivity contribution is -0.153. The van der Waals surface area contributed by atoms with E-state index in [1.165, 1.54) is 7.11 Å². The number of amides is 2. The summed E-state index contributed by atoms with van der Waals surface area (Å²) < 4.78 is 5.11. The average Bonchev–Trinajstić information content (AvgIpc) is 3.10. The molecule has 2 aliphatic heterocycles. The molecule has 1 aromatic rings. The summed E-state index contributed by atoms with van der Waals surface area (Å²) in [6.07, 6.45) is 2.49. The average molecular weight is 374 g/mol. The van der Waals surface area contributed by atoms with Gasteiger partial charge < -0.3 is 19.6 Å². The maximum atomic E-state index is 13.4. The predicted molar refractivity (Wildman–Crippen MR) is 97.9 cm³/mol. The molecule has 0 bridgehead atoms. The van der Waals surface area contributed by atoms with Crippen LogP contribution in [0, 0.1) is 5.41 Å². The number of likely N-dealkylation sites (tertiary alicyclic amines) is 2. The van der Waals surface area contributed by atoms with Crippen LogP contribution in [0.5, 0.6) is 0 Å². The molecular formula is C20H26N2O5. The summed E-state index contributed by atoms with van der Waals surface area (Å²) in [4.78, 5) is 40.9. The van der Waals surface area contributed by atoms with E-state index in [1.54, 1.807) is 9.80 Å². The van der Waals surface area contributed by atoms with Crippen molar-refractivity contribution >= 4 is 17.8 Å². The molecule has 2 fully saturated rings. The van der Waals surface area contributed by atoms with E-state index in [9.17, 15) is 19.5 Å². The maximum absolute atomic E-state index is 13.4. The number of carboxylic acids is 1. The van der Waals surface area contributed by atoms with E-state index in [0.717, 1.165) is 18.4 Å². The first kappa shape index (κ1) is 19.4. The summed E-state index contributed by atoms with van der Waals surface area (Å²) in [5.41, 5.74) is -0.324. The molecule has 2 amide bonds. The van der Waals surface area contributed by atoms with Crippen LogP contribution in [-0.2, 0) is 19.1 Å². The number of carboxylic acid groups (broad SMARTS) is 1. The van der Waals surface area contributed by atoms with Crippen LogP contribution in [0.2, 0.25) is 0 Å². The molecule has 27 heavy (non-hydrogen) atoms. The van der Waals surface area contributed by atoms with Crippen molar-refractivity contribution in [1.82, 2.24) is 9.80 Å². The number of aliphatic carboxylic acids is 1. The molecule has 3 rings (SSSR count). The van der Waals surface area contributed by atoms with Crippen molar-refractivity contribution in [2.45, 2.75) is 31.7 Å². The number of carbonyl (C=O) groups excluding carboxylic acids is 2. The van der Waals surface area contributed by atoms with Gasteiger partial charge in [0.15, 0.2) is 0 Å². The van der Waals surface area contributed by atoms with Gasteiger partial charge in [0, 0.05) is 33.2 Å². The number of methoxy groups -OCH3 is 1. The third kappa shape index (κ3) is 3.83. The predicted octanol–water partition coefficient (Wildman–Crippen LogP) is 1.69. The highest BCUT2D eigenvalue weighted by Crippen LogP contribution is 2.35. The summed E-state index contributed by atoms with van der Waals surface area (Å²) in [6.45, 7) is 1.05. The Morgan fingerprint density at radius 2 is 1.96 bits per heavy atom. The Bertz CT molecular complexity index is 708. The summed E-state index contributed by atoms with van der Waals surface area (Å²) >= 11 is 0. The molecule has 1 aromatic carbocycles. The second kappa shape index (κ2) is 8.08. The van der Waals surface area contributed by atoms with Gasteiger partial charge in [-0.15, -0.1) is 0 Å². The highest BCUT2D eigenvalue weighted by molar-refractivity contribution is 5.90. The number of rotatable bonds is 6. The largest absolute Gasteiger partial charge is 0.481 e. The van der Waals surface area contributed by atoms with Gasteiger partial charge in [0.1, 0.15) is 11.5 Å². The van der Waals surface area contributed by atoms with Gasteiger partial charge in [-0.25, -0.2) is 0 Å². The third-order valence-corrected chi connectivity index (χ3v) is 5.56. The Hall–Kier alpha value is -2.41. The van der Waals surface area contributed by atoms with Crippen LogP contribution in [-0.4, -0.2) is 66.0 Å². The third-order valence-electron chi connectivity index (χ3n) is 5.56. The molecule has 146 valence electrons. The van der Waals surface area contributed by atoms with Crippen molar-refractivity contribution in [1.29, 1.82) is 0 Å². The van der Waals surface area contributed by atoms with Crippen molar-refractivity contribution in [2.24, 2.45) is 5.41 Å². The first-order valence-corrected chi connectivity index (χ1v) is 9.34. The number of carbonyl (C=O) groups is 3. The van der Waals surface area contributed by atoms with Crippen molar-refractivity contribution < 1.29 is 24.2 Å². The number of hydrogen-bond donors (Lipinski definition) is 1. The monoisotopic (exact) mass is 374 g/mol. The van der Waals surface area contributed by atoms with Gasteiger partial charge in [0.05, 0.1) is 6.61 Å². The van der Waals surface area contributed by atoms with E-state index < -0.39 is 17.4 Å². The summed E-state index contributed by atoms with van der Waals surface area (Å²) in [5.74, 6) is -1.19. The molecule has 7 heteroatoms. The Labute approximate surface area is 158 Å². The van der Waals surface area contributed by atoms with E-state index in [-0.39, 0.29) is 25.0 Å². The van der Waals surface area contributed by atoms with Gasteiger partial charge in [0.25, 0.3) is 0 Å². The fourth-order valence-electron chi connectivity index (χ4n) is 4.05. The van der Waals surface area contributed by atoms with Gasteiger partial charge >= 0.3 is 5.97 Å². The first-order chi connectivity index (χ1) is 13.0. The second-order valence-corrected chi connectivity index (χ2v) is 7.39. The van der Waals surface area contributed by atoms with Crippen LogP contribution in [0.1, 0.15) is 37.3 Å². The lowest BCUT2D eigenvalue weighted by Gasteiger charge is -2.36. The van der Waals surface area contributed by atoms with E-state index in [1.807, 2.05) is 30.3 Å². The van der Waals surface area contributed by atoms with Gasteiger partial charge in [-0.2, -0.15) is 0 Å². The summed E-state index contributed by atoms with van der Waals surface area (Å²) in [7, 11) is 1.47. The quantitative estimate of drug-likeness (QED) is 0.819. The van der Waals surface area contributed by atoms with E-state index in [0.29, 0.717) is 25.9 Å². The van der Waals surface area contributed by atoms with Crippen molar-refractivity contribution in [3.8, 4) is 0 Å². The Kier molecular flexibility index (Phi) is 5.79. The van der Waals surface area contributed by atoms with Crippen LogP contribution in [0.4, 0.5) is 0 Å². The smallest absolute Gasteiger partial charge is 0.313 e. The van der Waals surface area contributed by atoms with Gasteiger partial charge in [-0.3, -0.25) is 14.4 Å². The van der Waals surface area contributed by atoms with E-state index in [4.69, 9.17) is 4.74 Å². The highest BCUT2D eigenvalue weighted by Gasteiger charge is 2.48. The Balaban J connectivity index is 1.88. The first-order valence-electron chi connectivity index (χ1n) is 9.34. The molecule has 2 heterocycles. The van der Waals surface area contributed by atoms with Gasteiger partial charge in [0.2, 0.25) is 11.8 Å². The highest BCUT2D eigenvalue weighted by atomic mass is 16.5. The number of benzene rings is 1. The molecular weight excluding hydrogens is 348 g/mol. The number of hydrogen-bond acceptors (Lipinski definition) is 4. The molecule has 7 nitrogen and oxygen atoms in total. The molecule has 0 aromatic heterocycles. The Morgan fingerprint density at radius 1 is 1.22 bits per heavy atom. The molecule has 0 spiro atoms. The van der Waals surface area contributed by atoms with E-state index >= 15 is 0 Å². The maximum Gasteiger partial charge on any atom is 0.313 e. The fraction of sp³-hybridized carbons (Fsp3) is 0.550. The van der Waals surface area contributed by atoms with Crippen molar-refractivity contribution in [3.63, 3.8) is 0 Å².